The van der Waals surface area contributed by atoms with E-state index in [1.54, 1.807) is 0 Å². The van der Waals surface area contributed by atoms with Gasteiger partial charge in [-0.2, -0.15) is 0 Å². The molecule has 3 heteroatoms. The number of ketones is 1. The molecule has 0 saturated carbocycles. The zero-order valence-corrected chi connectivity index (χ0v) is 13.9. The van der Waals surface area contributed by atoms with Crippen molar-refractivity contribution in [2.24, 2.45) is 5.73 Å². The number of hydrogen-bond donors (Lipinski definition) is 2. The summed E-state index contributed by atoms with van der Waals surface area (Å²) in [4.78, 5) is 11.3. The van der Waals surface area contributed by atoms with Crippen LogP contribution in [0.25, 0.3) is 0 Å². The quantitative estimate of drug-likeness (QED) is 0.353. The van der Waals surface area contributed by atoms with Gasteiger partial charge in [0.1, 0.15) is 0 Å². The van der Waals surface area contributed by atoms with Crippen molar-refractivity contribution in [3.63, 3.8) is 0 Å². The van der Waals surface area contributed by atoms with Crippen molar-refractivity contribution < 1.29 is 9.90 Å². The minimum atomic E-state index is -0.751. The van der Waals surface area contributed by atoms with Crippen LogP contribution in [0.15, 0.2) is 12.2 Å². The van der Waals surface area contributed by atoms with Crippen molar-refractivity contribution in [2.45, 2.75) is 90.0 Å². The standard InChI is InChI=1S/C18H35NO2/c1-2-3-4-5-6-7-8-9-10-11-12-13-14-15-18(21)17(19)16-20/h14-15,17,20H,2-13,16,19H2,1H3/b15-14-. The number of nitrogens with two attached hydrogens (primary N) is 1. The van der Waals surface area contributed by atoms with Crippen LogP contribution in [0.1, 0.15) is 84.0 Å². The predicted octanol–water partition coefficient (Wildman–Crippen LogP) is 4.13. The highest BCUT2D eigenvalue weighted by molar-refractivity contribution is 5.94. The Kier molecular flexibility index (Phi) is 15.2. The Morgan fingerprint density at radius 2 is 1.43 bits per heavy atom. The molecule has 21 heavy (non-hydrogen) atoms. The normalized spacial score (nSPS) is 12.9. The van der Waals surface area contributed by atoms with Gasteiger partial charge in [-0.1, -0.05) is 77.2 Å². The second-order valence-corrected chi connectivity index (χ2v) is 5.92. The van der Waals surface area contributed by atoms with Crippen molar-refractivity contribution in [3.05, 3.63) is 12.2 Å². The van der Waals surface area contributed by atoms with E-state index in [1.807, 2.05) is 6.08 Å². The predicted molar refractivity (Wildman–Crippen MR) is 90.3 cm³/mol. The Hall–Kier alpha value is -0.670. The van der Waals surface area contributed by atoms with Gasteiger partial charge in [0.15, 0.2) is 5.78 Å². The lowest BCUT2D eigenvalue weighted by Gasteiger charge is -2.02. The highest BCUT2D eigenvalue weighted by Crippen LogP contribution is 2.11. The van der Waals surface area contributed by atoms with E-state index in [-0.39, 0.29) is 12.4 Å². The van der Waals surface area contributed by atoms with Crippen LogP contribution in [0.5, 0.6) is 0 Å². The van der Waals surface area contributed by atoms with Crippen molar-refractivity contribution in [2.75, 3.05) is 6.61 Å². The molecule has 0 spiro atoms. The van der Waals surface area contributed by atoms with Crippen LogP contribution in [-0.4, -0.2) is 23.5 Å². The number of aliphatic hydroxyl groups excluding tert-OH is 1. The second-order valence-electron chi connectivity index (χ2n) is 5.92. The molecule has 0 fully saturated rings. The van der Waals surface area contributed by atoms with Crippen LogP contribution < -0.4 is 5.73 Å². The molecule has 0 amide bonds. The number of allylic oxidation sites excluding steroid dienone is 1. The van der Waals surface area contributed by atoms with Gasteiger partial charge in [-0.25, -0.2) is 0 Å². The molecule has 0 rings (SSSR count). The summed E-state index contributed by atoms with van der Waals surface area (Å²) in [6.07, 6.45) is 19.0. The third kappa shape index (κ3) is 14.0. The van der Waals surface area contributed by atoms with Crippen LogP contribution >= 0.6 is 0 Å². The fourth-order valence-electron chi connectivity index (χ4n) is 2.34. The maximum absolute atomic E-state index is 11.3. The molecule has 0 radical (unpaired) electrons. The molecule has 1 unspecified atom stereocenters. The Balaban J connectivity index is 3.22. The topological polar surface area (TPSA) is 63.3 Å². The van der Waals surface area contributed by atoms with Gasteiger partial charge in [0.2, 0.25) is 0 Å². The summed E-state index contributed by atoms with van der Waals surface area (Å²) in [5.41, 5.74) is 5.41. The first-order chi connectivity index (χ1) is 10.2. The lowest BCUT2D eigenvalue weighted by atomic mass is 10.1. The average molecular weight is 297 g/mol. The van der Waals surface area contributed by atoms with E-state index < -0.39 is 6.04 Å². The van der Waals surface area contributed by atoms with Crippen LogP contribution in [0, 0.1) is 0 Å². The molecule has 0 aliphatic heterocycles. The summed E-state index contributed by atoms with van der Waals surface area (Å²) in [6, 6.07) is -0.751. The van der Waals surface area contributed by atoms with Crippen LogP contribution in [0.2, 0.25) is 0 Å². The molecule has 124 valence electrons. The van der Waals surface area contributed by atoms with Gasteiger partial charge in [-0.05, 0) is 18.9 Å². The van der Waals surface area contributed by atoms with Gasteiger partial charge in [-0.15, -0.1) is 0 Å². The van der Waals surface area contributed by atoms with Gasteiger partial charge >= 0.3 is 0 Å². The summed E-state index contributed by atoms with van der Waals surface area (Å²) >= 11 is 0. The molecule has 0 aromatic carbocycles. The minimum Gasteiger partial charge on any atom is -0.394 e. The lowest BCUT2D eigenvalue weighted by Crippen LogP contribution is -2.32. The Morgan fingerprint density at radius 3 is 1.90 bits per heavy atom. The van der Waals surface area contributed by atoms with E-state index in [0.29, 0.717) is 0 Å². The molecule has 0 saturated heterocycles. The SMILES string of the molecule is CCCCCCCCCCCCC/C=C\C(=O)C(N)CO. The Bertz CT molecular complexity index is 264. The van der Waals surface area contributed by atoms with Crippen molar-refractivity contribution >= 4 is 5.78 Å². The Morgan fingerprint density at radius 1 is 0.952 bits per heavy atom. The zero-order valence-electron chi connectivity index (χ0n) is 13.9. The molecule has 0 aromatic rings. The molecule has 0 aliphatic carbocycles. The fraction of sp³-hybridized carbons (Fsp3) is 0.833. The number of hydrogen-bond acceptors (Lipinski definition) is 3. The minimum absolute atomic E-state index is 0.180. The molecule has 1 atom stereocenters. The van der Waals surface area contributed by atoms with E-state index >= 15 is 0 Å². The first-order valence-corrected chi connectivity index (χ1v) is 8.79. The second kappa shape index (κ2) is 15.7. The lowest BCUT2D eigenvalue weighted by molar-refractivity contribution is -0.116. The van der Waals surface area contributed by atoms with Gasteiger partial charge < -0.3 is 10.8 Å². The summed E-state index contributed by atoms with van der Waals surface area (Å²) in [5, 5.41) is 8.73. The molecule has 0 aromatic heterocycles. The van der Waals surface area contributed by atoms with E-state index in [9.17, 15) is 4.79 Å². The van der Waals surface area contributed by atoms with Crippen molar-refractivity contribution in [3.8, 4) is 0 Å². The molecule has 3 nitrogen and oxygen atoms in total. The summed E-state index contributed by atoms with van der Waals surface area (Å²) in [7, 11) is 0. The van der Waals surface area contributed by atoms with E-state index in [4.69, 9.17) is 10.8 Å². The average Bonchev–Trinajstić information content (AvgIpc) is 2.50. The van der Waals surface area contributed by atoms with Crippen LogP contribution in [0.4, 0.5) is 0 Å². The number of rotatable bonds is 15. The van der Waals surface area contributed by atoms with Crippen molar-refractivity contribution in [1.82, 2.24) is 0 Å². The van der Waals surface area contributed by atoms with E-state index in [2.05, 4.69) is 6.92 Å². The molecule has 0 aliphatic rings. The molecule has 0 heterocycles. The molecule has 0 bridgehead atoms. The fourth-order valence-corrected chi connectivity index (χ4v) is 2.34. The van der Waals surface area contributed by atoms with E-state index in [0.717, 1.165) is 12.8 Å². The van der Waals surface area contributed by atoms with E-state index in [1.165, 1.54) is 70.3 Å². The number of carbonyl (C=O) groups excluding carboxylic acids is 1. The number of unbranched alkanes of at least 4 members (excludes halogenated alkanes) is 11. The molecule has 3 N–H and O–H groups in total. The maximum atomic E-state index is 11.3. The zero-order chi connectivity index (χ0) is 15.8. The first-order valence-electron chi connectivity index (χ1n) is 8.79. The van der Waals surface area contributed by atoms with Gasteiger partial charge in [0.05, 0.1) is 12.6 Å². The smallest absolute Gasteiger partial charge is 0.174 e. The van der Waals surface area contributed by atoms with Gasteiger partial charge in [-0.3, -0.25) is 4.79 Å². The largest absolute Gasteiger partial charge is 0.394 e. The summed E-state index contributed by atoms with van der Waals surface area (Å²) < 4.78 is 0. The van der Waals surface area contributed by atoms with Crippen LogP contribution in [-0.2, 0) is 4.79 Å². The Labute approximate surface area is 131 Å². The summed E-state index contributed by atoms with van der Waals surface area (Å²) in [5.74, 6) is -0.180. The molecular weight excluding hydrogens is 262 g/mol. The maximum Gasteiger partial charge on any atom is 0.174 e. The molecular formula is C18H35NO2. The number of aliphatic hydroxyl groups is 1. The third-order valence-corrected chi connectivity index (χ3v) is 3.82. The number of carbonyl (C=O) groups is 1. The van der Waals surface area contributed by atoms with Gasteiger partial charge in [0, 0.05) is 0 Å². The highest BCUT2D eigenvalue weighted by Gasteiger charge is 2.06. The van der Waals surface area contributed by atoms with Crippen LogP contribution in [0.3, 0.4) is 0 Å². The summed E-state index contributed by atoms with van der Waals surface area (Å²) in [6.45, 7) is 1.98. The van der Waals surface area contributed by atoms with Crippen molar-refractivity contribution in [1.29, 1.82) is 0 Å². The monoisotopic (exact) mass is 297 g/mol. The first kappa shape index (κ1) is 20.3. The van der Waals surface area contributed by atoms with Gasteiger partial charge in [0.25, 0.3) is 0 Å². The highest BCUT2D eigenvalue weighted by atomic mass is 16.3. The third-order valence-electron chi connectivity index (χ3n) is 3.82.